The van der Waals surface area contributed by atoms with Crippen LogP contribution in [-0.2, 0) is 16.1 Å². The van der Waals surface area contributed by atoms with Crippen molar-refractivity contribution in [3.63, 3.8) is 0 Å². The van der Waals surface area contributed by atoms with E-state index in [0.717, 1.165) is 85.1 Å². The number of carbonyl (C=O) groups is 1. The molecule has 7 heteroatoms. The number of piperidine rings is 1. The normalized spacial score (nSPS) is 18.0. The Balaban J connectivity index is 1.16. The highest BCUT2D eigenvalue weighted by molar-refractivity contribution is 5.93. The van der Waals surface area contributed by atoms with Crippen molar-refractivity contribution in [3.05, 3.63) is 95.8 Å². The Morgan fingerprint density at radius 2 is 1.59 bits per heavy atom. The number of para-hydroxylation sites is 1. The Bertz CT molecular complexity index is 1480. The monoisotopic (exact) mass is 547 g/mol. The summed E-state index contributed by atoms with van der Waals surface area (Å²) in [5.41, 5.74) is 7.15. The lowest BCUT2D eigenvalue weighted by Crippen LogP contribution is -2.47. The number of hydrogen-bond acceptors (Lipinski definition) is 6. The van der Waals surface area contributed by atoms with E-state index in [-0.39, 0.29) is 17.9 Å². The molecule has 1 atom stereocenters. The van der Waals surface area contributed by atoms with Crippen molar-refractivity contribution in [3.8, 4) is 22.5 Å². The summed E-state index contributed by atoms with van der Waals surface area (Å²) in [6, 6.07) is 27.3. The van der Waals surface area contributed by atoms with E-state index in [2.05, 4.69) is 70.6 Å². The second-order valence-corrected chi connectivity index (χ2v) is 11.2. The third-order valence-corrected chi connectivity index (χ3v) is 8.32. The summed E-state index contributed by atoms with van der Waals surface area (Å²) in [4.78, 5) is 22.1. The van der Waals surface area contributed by atoms with Gasteiger partial charge >= 0.3 is 0 Å². The van der Waals surface area contributed by atoms with Gasteiger partial charge in [-0.1, -0.05) is 72.8 Å². The standard InChI is InChI=1S/C34H37N5O2/c1-24-8-6-7-11-31(24)39(25(2)40)30-16-19-38(20-17-30)22-26-12-14-28(15-13-26)32-33(27-9-4-3-5-10-27)36-37-34(35-32)29-18-21-41-23-29/h3-15,29-30H,16-23H2,1-2H3. The molecule has 6 rings (SSSR count). The molecule has 2 aliphatic heterocycles. The average Bonchev–Trinajstić information content (AvgIpc) is 3.55. The van der Waals surface area contributed by atoms with Crippen LogP contribution in [0.25, 0.3) is 22.5 Å². The number of anilines is 1. The van der Waals surface area contributed by atoms with E-state index in [1.807, 2.05) is 35.2 Å². The van der Waals surface area contributed by atoms with Crippen LogP contribution < -0.4 is 4.90 Å². The van der Waals surface area contributed by atoms with Crippen LogP contribution in [0.2, 0.25) is 0 Å². The second-order valence-electron chi connectivity index (χ2n) is 11.2. The van der Waals surface area contributed by atoms with Gasteiger partial charge in [0.15, 0.2) is 5.82 Å². The number of aromatic nitrogens is 3. The number of nitrogens with zero attached hydrogens (tertiary/aromatic N) is 5. The lowest BCUT2D eigenvalue weighted by molar-refractivity contribution is -0.117. The molecule has 0 aliphatic carbocycles. The summed E-state index contributed by atoms with van der Waals surface area (Å²) in [5.74, 6) is 1.07. The van der Waals surface area contributed by atoms with Gasteiger partial charge in [0.2, 0.25) is 5.91 Å². The zero-order valence-electron chi connectivity index (χ0n) is 23.9. The van der Waals surface area contributed by atoms with E-state index in [9.17, 15) is 4.79 Å². The molecule has 210 valence electrons. The van der Waals surface area contributed by atoms with Crippen LogP contribution in [-0.4, -0.2) is 58.3 Å². The molecule has 0 saturated carbocycles. The van der Waals surface area contributed by atoms with Gasteiger partial charge in [0.05, 0.1) is 6.61 Å². The predicted molar refractivity (Wildman–Crippen MR) is 162 cm³/mol. The van der Waals surface area contributed by atoms with Crippen molar-refractivity contribution in [1.82, 2.24) is 20.1 Å². The zero-order chi connectivity index (χ0) is 28.2. The van der Waals surface area contributed by atoms with E-state index >= 15 is 0 Å². The molecule has 4 aromatic rings. The molecule has 2 aliphatic rings. The summed E-state index contributed by atoms with van der Waals surface area (Å²) in [5, 5.41) is 9.14. The van der Waals surface area contributed by atoms with Gasteiger partial charge in [0.1, 0.15) is 11.4 Å². The Labute approximate surface area is 242 Å². The van der Waals surface area contributed by atoms with Gasteiger partial charge in [-0.05, 0) is 43.4 Å². The van der Waals surface area contributed by atoms with Crippen LogP contribution in [0.4, 0.5) is 5.69 Å². The van der Waals surface area contributed by atoms with Gasteiger partial charge in [-0.15, -0.1) is 10.2 Å². The minimum absolute atomic E-state index is 0.117. The fourth-order valence-electron chi connectivity index (χ4n) is 6.06. The third kappa shape index (κ3) is 6.06. The van der Waals surface area contributed by atoms with Gasteiger partial charge in [0.25, 0.3) is 0 Å². The zero-order valence-corrected chi connectivity index (χ0v) is 23.9. The van der Waals surface area contributed by atoms with Crippen LogP contribution in [0.3, 0.4) is 0 Å². The molecule has 2 fully saturated rings. The van der Waals surface area contributed by atoms with Crippen molar-refractivity contribution in [1.29, 1.82) is 0 Å². The molecular weight excluding hydrogens is 510 g/mol. The molecule has 0 N–H and O–H groups in total. The number of hydrogen-bond donors (Lipinski definition) is 0. The summed E-state index contributed by atoms with van der Waals surface area (Å²) in [7, 11) is 0. The van der Waals surface area contributed by atoms with E-state index in [1.54, 1.807) is 6.92 Å². The minimum atomic E-state index is 0.117. The largest absolute Gasteiger partial charge is 0.381 e. The molecular formula is C34H37N5O2. The number of benzene rings is 3. The second kappa shape index (κ2) is 12.3. The first-order valence-corrected chi connectivity index (χ1v) is 14.6. The van der Waals surface area contributed by atoms with Crippen LogP contribution in [0.15, 0.2) is 78.9 Å². The smallest absolute Gasteiger partial charge is 0.224 e. The Hall–Kier alpha value is -3.94. The highest BCUT2D eigenvalue weighted by Gasteiger charge is 2.28. The maximum absolute atomic E-state index is 12.6. The maximum atomic E-state index is 12.6. The van der Waals surface area contributed by atoms with Gasteiger partial charge < -0.3 is 9.64 Å². The Morgan fingerprint density at radius 3 is 2.27 bits per heavy atom. The molecule has 0 radical (unpaired) electrons. The summed E-state index contributed by atoms with van der Waals surface area (Å²) in [6.07, 6.45) is 2.86. The van der Waals surface area contributed by atoms with E-state index in [0.29, 0.717) is 6.61 Å². The number of aryl methyl sites for hydroxylation is 1. The molecule has 3 aromatic carbocycles. The predicted octanol–water partition coefficient (Wildman–Crippen LogP) is 6.04. The highest BCUT2D eigenvalue weighted by atomic mass is 16.5. The van der Waals surface area contributed by atoms with Crippen molar-refractivity contribution in [2.24, 2.45) is 0 Å². The van der Waals surface area contributed by atoms with E-state index in [4.69, 9.17) is 9.72 Å². The molecule has 3 heterocycles. The third-order valence-electron chi connectivity index (χ3n) is 8.32. The molecule has 1 aromatic heterocycles. The van der Waals surface area contributed by atoms with Crippen LogP contribution in [0.5, 0.6) is 0 Å². The quantitative estimate of drug-likeness (QED) is 0.281. The fraction of sp³-hybridized carbons (Fsp3) is 0.353. The topological polar surface area (TPSA) is 71.5 Å². The van der Waals surface area contributed by atoms with Crippen molar-refractivity contribution >= 4 is 11.6 Å². The molecule has 0 spiro atoms. The molecule has 2 saturated heterocycles. The molecule has 7 nitrogen and oxygen atoms in total. The van der Waals surface area contributed by atoms with Gasteiger partial charge in [-0.2, -0.15) is 0 Å². The lowest BCUT2D eigenvalue weighted by Gasteiger charge is -2.38. The first-order chi connectivity index (χ1) is 20.1. The number of ether oxygens (including phenoxy) is 1. The van der Waals surface area contributed by atoms with E-state index in [1.165, 1.54) is 5.56 Å². The SMILES string of the molecule is CC(=O)N(c1ccccc1C)C1CCN(Cc2ccc(-c3nc(C4CCOC4)nnc3-c3ccccc3)cc2)CC1. The first kappa shape index (κ1) is 27.2. The van der Waals surface area contributed by atoms with Crippen molar-refractivity contribution in [2.45, 2.75) is 51.6 Å². The number of carbonyl (C=O) groups excluding carboxylic acids is 1. The van der Waals surface area contributed by atoms with Crippen LogP contribution in [0.1, 0.15) is 49.1 Å². The highest BCUT2D eigenvalue weighted by Crippen LogP contribution is 2.32. The van der Waals surface area contributed by atoms with Gasteiger partial charge in [0, 0.05) is 61.9 Å². The maximum Gasteiger partial charge on any atom is 0.224 e. The molecule has 1 amide bonds. The van der Waals surface area contributed by atoms with Crippen molar-refractivity contribution in [2.75, 3.05) is 31.2 Å². The number of amides is 1. The lowest BCUT2D eigenvalue weighted by atomic mass is 9.99. The van der Waals surface area contributed by atoms with E-state index < -0.39 is 0 Å². The summed E-state index contributed by atoms with van der Waals surface area (Å²) < 4.78 is 5.59. The van der Waals surface area contributed by atoms with Crippen LogP contribution >= 0.6 is 0 Å². The molecule has 1 unspecified atom stereocenters. The number of likely N-dealkylation sites (tertiary alicyclic amines) is 1. The Morgan fingerprint density at radius 1 is 0.878 bits per heavy atom. The fourth-order valence-corrected chi connectivity index (χ4v) is 6.06. The van der Waals surface area contributed by atoms with Crippen molar-refractivity contribution < 1.29 is 9.53 Å². The molecule has 0 bridgehead atoms. The first-order valence-electron chi connectivity index (χ1n) is 14.6. The summed E-state index contributed by atoms with van der Waals surface area (Å²) in [6.45, 7) is 7.96. The number of rotatable bonds is 7. The summed E-state index contributed by atoms with van der Waals surface area (Å²) >= 11 is 0. The minimum Gasteiger partial charge on any atom is -0.381 e. The van der Waals surface area contributed by atoms with Gasteiger partial charge in [-0.3, -0.25) is 9.69 Å². The van der Waals surface area contributed by atoms with Gasteiger partial charge in [-0.25, -0.2) is 4.98 Å². The van der Waals surface area contributed by atoms with Crippen LogP contribution in [0, 0.1) is 6.92 Å². The Kier molecular flexibility index (Phi) is 8.16. The average molecular weight is 548 g/mol. The molecule has 41 heavy (non-hydrogen) atoms.